The highest BCUT2D eigenvalue weighted by Crippen LogP contribution is 2.30. The summed E-state index contributed by atoms with van der Waals surface area (Å²) in [4.78, 5) is 12.5. The monoisotopic (exact) mass is 360 g/mol. The van der Waals surface area contributed by atoms with E-state index in [1.807, 2.05) is 50.3 Å². The van der Waals surface area contributed by atoms with Crippen LogP contribution in [0.2, 0.25) is 0 Å². The van der Waals surface area contributed by atoms with Crippen molar-refractivity contribution in [3.63, 3.8) is 0 Å². The number of carbonyl (C=O) groups excluding carboxylic acids is 1. The highest BCUT2D eigenvalue weighted by atomic mass is 16.5. The quantitative estimate of drug-likeness (QED) is 0.636. The molecule has 0 spiro atoms. The molecule has 0 saturated heterocycles. The molecule has 5 nitrogen and oxygen atoms in total. The topological polar surface area (TPSA) is 71.3 Å². The van der Waals surface area contributed by atoms with Gasteiger partial charge in [0.2, 0.25) is 0 Å². The van der Waals surface area contributed by atoms with Gasteiger partial charge in [-0.05, 0) is 61.9 Å². The maximum absolute atomic E-state index is 12.5. The third-order valence-electron chi connectivity index (χ3n) is 4.11. The maximum Gasteiger partial charge on any atom is 0.266 e. The molecule has 1 heterocycles. The first kappa shape index (κ1) is 18.3. The Kier molecular flexibility index (Phi) is 5.58. The van der Waals surface area contributed by atoms with Crippen LogP contribution in [-0.4, -0.2) is 18.6 Å². The normalized spacial score (nSPS) is 15.7. The van der Waals surface area contributed by atoms with Gasteiger partial charge in [-0.25, -0.2) is 0 Å². The molecule has 0 saturated carbocycles. The van der Waals surface area contributed by atoms with Crippen LogP contribution in [0.15, 0.2) is 65.8 Å². The molecule has 5 heteroatoms. The van der Waals surface area contributed by atoms with Crippen molar-refractivity contribution in [3.05, 3.63) is 71.3 Å². The number of amides is 1. The predicted octanol–water partition coefficient (Wildman–Crippen LogP) is 4.34. The van der Waals surface area contributed by atoms with Crippen molar-refractivity contribution >= 4 is 17.7 Å². The van der Waals surface area contributed by atoms with Gasteiger partial charge in [-0.15, -0.1) is 0 Å². The predicted molar refractivity (Wildman–Crippen MR) is 104 cm³/mol. The van der Waals surface area contributed by atoms with Crippen LogP contribution in [0.3, 0.4) is 0 Å². The van der Waals surface area contributed by atoms with Gasteiger partial charge < -0.3 is 14.8 Å². The summed E-state index contributed by atoms with van der Waals surface area (Å²) in [5.41, 5.74) is 2.31. The van der Waals surface area contributed by atoms with Gasteiger partial charge in [0.15, 0.2) is 0 Å². The van der Waals surface area contributed by atoms with E-state index in [0.29, 0.717) is 12.3 Å². The highest BCUT2D eigenvalue weighted by Gasteiger charge is 2.19. The van der Waals surface area contributed by atoms with Crippen molar-refractivity contribution in [2.45, 2.75) is 20.0 Å². The number of para-hydroxylation sites is 1. The molecule has 3 rings (SSSR count). The van der Waals surface area contributed by atoms with Gasteiger partial charge in [0.25, 0.3) is 5.91 Å². The number of anilines is 1. The van der Waals surface area contributed by atoms with E-state index in [0.717, 1.165) is 22.6 Å². The summed E-state index contributed by atoms with van der Waals surface area (Å²) in [5.74, 6) is 1.05. The number of carbonyl (C=O) groups is 1. The molecular formula is C22H20N2O3. The zero-order chi connectivity index (χ0) is 19.2. The van der Waals surface area contributed by atoms with E-state index < -0.39 is 5.91 Å². The number of rotatable bonds is 5. The Morgan fingerprint density at radius 2 is 2.00 bits per heavy atom. The summed E-state index contributed by atoms with van der Waals surface area (Å²) in [7, 11) is 0. The van der Waals surface area contributed by atoms with Gasteiger partial charge in [-0.2, -0.15) is 5.26 Å². The van der Waals surface area contributed by atoms with Gasteiger partial charge in [0.1, 0.15) is 29.2 Å². The van der Waals surface area contributed by atoms with Gasteiger partial charge in [-0.1, -0.05) is 18.2 Å². The smallest absolute Gasteiger partial charge is 0.266 e. The third kappa shape index (κ3) is 4.36. The van der Waals surface area contributed by atoms with Gasteiger partial charge in [-0.3, -0.25) is 4.79 Å². The first-order valence-electron chi connectivity index (χ1n) is 8.74. The lowest BCUT2D eigenvalue weighted by molar-refractivity contribution is -0.112. The molecule has 136 valence electrons. The number of benzene rings is 2. The highest BCUT2D eigenvalue weighted by molar-refractivity contribution is 6.07. The fourth-order valence-electron chi connectivity index (χ4n) is 2.74. The molecule has 0 radical (unpaired) electrons. The van der Waals surface area contributed by atoms with Gasteiger partial charge in [0, 0.05) is 11.3 Å². The van der Waals surface area contributed by atoms with E-state index in [4.69, 9.17) is 9.47 Å². The summed E-state index contributed by atoms with van der Waals surface area (Å²) >= 11 is 0. The molecule has 0 aliphatic carbocycles. The molecule has 1 amide bonds. The lowest BCUT2D eigenvalue weighted by Crippen LogP contribution is -2.20. The third-order valence-corrected chi connectivity index (χ3v) is 4.11. The number of nitrogens with zero attached hydrogens (tertiary/aromatic N) is 1. The average molecular weight is 360 g/mol. The lowest BCUT2D eigenvalue weighted by atomic mass is 10.0. The minimum absolute atomic E-state index is 0.0185. The first-order chi connectivity index (χ1) is 13.1. The van der Waals surface area contributed by atoms with Crippen LogP contribution in [-0.2, 0) is 4.79 Å². The Hall–Kier alpha value is -3.52. The number of fused-ring (bicyclic) bond motifs is 1. The Morgan fingerprint density at radius 1 is 1.26 bits per heavy atom. The van der Waals surface area contributed by atoms with Crippen molar-refractivity contribution < 1.29 is 14.3 Å². The van der Waals surface area contributed by atoms with Gasteiger partial charge >= 0.3 is 0 Å². The first-order valence-corrected chi connectivity index (χ1v) is 8.74. The number of hydrogen-bond donors (Lipinski definition) is 1. The average Bonchev–Trinajstić information content (AvgIpc) is 2.68. The molecule has 1 aliphatic heterocycles. The van der Waals surface area contributed by atoms with Crippen LogP contribution < -0.4 is 14.8 Å². The zero-order valence-electron chi connectivity index (χ0n) is 15.2. The Morgan fingerprint density at radius 3 is 2.70 bits per heavy atom. The van der Waals surface area contributed by atoms with Crippen molar-refractivity contribution in [2.24, 2.45) is 0 Å². The molecule has 1 N–H and O–H groups in total. The fraction of sp³-hybridized carbons (Fsp3) is 0.182. The van der Waals surface area contributed by atoms with E-state index in [2.05, 4.69) is 5.32 Å². The summed E-state index contributed by atoms with van der Waals surface area (Å²) in [6.07, 6.45) is 3.26. The molecular weight excluding hydrogens is 340 g/mol. The van der Waals surface area contributed by atoms with E-state index in [-0.39, 0.29) is 11.7 Å². The van der Waals surface area contributed by atoms with Crippen LogP contribution in [0, 0.1) is 11.3 Å². The van der Waals surface area contributed by atoms with Crippen LogP contribution >= 0.6 is 0 Å². The number of nitrogens with one attached hydrogen (secondary N) is 1. The maximum atomic E-state index is 12.5. The van der Waals surface area contributed by atoms with E-state index in [1.165, 1.54) is 0 Å². The molecule has 2 aromatic carbocycles. The van der Waals surface area contributed by atoms with Crippen molar-refractivity contribution in [1.82, 2.24) is 0 Å². The second-order valence-electron chi connectivity index (χ2n) is 6.02. The molecule has 0 unspecified atom stereocenters. The van der Waals surface area contributed by atoms with Crippen LogP contribution in [0.1, 0.15) is 19.4 Å². The Bertz CT molecular complexity index is 937. The SMILES string of the molecule is CCOc1ccc(NC(=O)/C(C#N)=C/C2=Cc3ccccc3O[C@H]2C)cc1. The molecule has 0 fully saturated rings. The Balaban J connectivity index is 1.79. The molecule has 1 atom stereocenters. The number of hydrogen-bond acceptors (Lipinski definition) is 4. The molecule has 27 heavy (non-hydrogen) atoms. The van der Waals surface area contributed by atoms with E-state index in [1.54, 1.807) is 30.3 Å². The summed E-state index contributed by atoms with van der Waals surface area (Å²) in [6.45, 7) is 4.37. The van der Waals surface area contributed by atoms with E-state index in [9.17, 15) is 10.1 Å². The standard InChI is InChI=1S/C22H20N2O3/c1-3-26-20-10-8-19(9-11-20)24-22(25)18(14-23)13-17-12-16-6-4-5-7-21(16)27-15(17)2/h4-13,15H,3H2,1-2H3,(H,24,25)/b18-13+/t15-/m0/s1. The summed E-state index contributed by atoms with van der Waals surface area (Å²) in [5, 5.41) is 12.2. The second-order valence-corrected chi connectivity index (χ2v) is 6.02. The number of ether oxygens (including phenoxy) is 2. The van der Waals surface area contributed by atoms with Crippen LogP contribution in [0.25, 0.3) is 6.08 Å². The fourth-order valence-corrected chi connectivity index (χ4v) is 2.74. The lowest BCUT2D eigenvalue weighted by Gasteiger charge is -2.23. The van der Waals surface area contributed by atoms with Crippen LogP contribution in [0.5, 0.6) is 11.5 Å². The van der Waals surface area contributed by atoms with Crippen molar-refractivity contribution in [2.75, 3.05) is 11.9 Å². The minimum atomic E-state index is -0.464. The molecule has 0 aromatic heterocycles. The molecule has 1 aliphatic rings. The Labute approximate surface area is 158 Å². The molecule has 2 aromatic rings. The van der Waals surface area contributed by atoms with Gasteiger partial charge in [0.05, 0.1) is 6.61 Å². The molecule has 0 bridgehead atoms. The van der Waals surface area contributed by atoms with Crippen molar-refractivity contribution in [3.8, 4) is 17.6 Å². The second kappa shape index (κ2) is 8.24. The van der Waals surface area contributed by atoms with Crippen LogP contribution in [0.4, 0.5) is 5.69 Å². The van der Waals surface area contributed by atoms with Crippen molar-refractivity contribution in [1.29, 1.82) is 5.26 Å². The summed E-state index contributed by atoms with van der Waals surface area (Å²) in [6, 6.07) is 16.6. The largest absolute Gasteiger partial charge is 0.494 e. The number of nitriles is 1. The zero-order valence-corrected chi connectivity index (χ0v) is 15.2. The minimum Gasteiger partial charge on any atom is -0.494 e. The van der Waals surface area contributed by atoms with E-state index >= 15 is 0 Å². The summed E-state index contributed by atoms with van der Waals surface area (Å²) < 4.78 is 11.2.